The largest absolute Gasteiger partial charge is 0.502 e. The fraction of sp³-hybridized carbons (Fsp3) is 0.222. The maximum atomic E-state index is 11.2. The summed E-state index contributed by atoms with van der Waals surface area (Å²) in [4.78, 5) is 30.8. The molecule has 2 rings (SSSR count). The second-order valence-corrected chi connectivity index (χ2v) is 5.23. The lowest BCUT2D eigenvalue weighted by atomic mass is 10.1. The number of aromatic hydroxyl groups is 1. The van der Waals surface area contributed by atoms with Crippen LogP contribution in [0, 0.1) is 10.1 Å². The van der Waals surface area contributed by atoms with Crippen molar-refractivity contribution < 1.29 is 24.7 Å². The number of carboxylic acids is 1. The zero-order valence-corrected chi connectivity index (χ0v) is 14.0. The smallest absolute Gasteiger partial charge is 0.310 e. The minimum Gasteiger partial charge on any atom is -0.502 e. The Labute approximate surface area is 150 Å². The summed E-state index contributed by atoms with van der Waals surface area (Å²) in [5.74, 6) is -1.45. The van der Waals surface area contributed by atoms with E-state index in [4.69, 9.17) is 10.2 Å². The minimum atomic E-state index is -0.946. The first-order chi connectivity index (χ1) is 12.4. The van der Waals surface area contributed by atoms with Gasteiger partial charge in [0.2, 0.25) is 5.91 Å². The zero-order chi connectivity index (χ0) is 19.4. The van der Waals surface area contributed by atoms with Gasteiger partial charge in [0, 0.05) is 19.0 Å². The number of benzene rings is 2. The standard InChI is InChI=1S/C12H15NO3.C6H5NO3/c14-11(6-7-12(15)16)13-9-8-10-4-2-1-3-5-10;8-6-4-2-1-3-5(6)7(9)10/h1-5H,6-9H2,(H,13,14)(H,15,16);1-4,8H. The van der Waals surface area contributed by atoms with E-state index in [2.05, 4.69) is 5.32 Å². The average molecular weight is 360 g/mol. The number of carbonyl (C=O) groups excluding carboxylic acids is 1. The van der Waals surface area contributed by atoms with E-state index in [0.29, 0.717) is 6.54 Å². The van der Waals surface area contributed by atoms with Gasteiger partial charge in [0.1, 0.15) is 0 Å². The molecule has 138 valence electrons. The van der Waals surface area contributed by atoms with Gasteiger partial charge in [-0.25, -0.2) is 0 Å². The number of nitrogens with zero attached hydrogens (tertiary/aromatic N) is 1. The maximum absolute atomic E-state index is 11.2. The number of aliphatic carboxylic acids is 1. The van der Waals surface area contributed by atoms with Crippen LogP contribution in [0.5, 0.6) is 5.75 Å². The quantitative estimate of drug-likeness (QED) is 0.514. The number of nitrogens with one attached hydrogen (secondary N) is 1. The molecule has 8 nitrogen and oxygen atoms in total. The van der Waals surface area contributed by atoms with Gasteiger partial charge in [-0.15, -0.1) is 0 Å². The van der Waals surface area contributed by atoms with Crippen LogP contribution in [0.1, 0.15) is 18.4 Å². The number of carboxylic acid groups (broad SMARTS) is 1. The molecule has 0 saturated heterocycles. The summed E-state index contributed by atoms with van der Waals surface area (Å²) < 4.78 is 0. The third-order valence-electron chi connectivity index (χ3n) is 3.22. The Morgan fingerprint density at radius 3 is 2.15 bits per heavy atom. The Balaban J connectivity index is 0.000000289. The first-order valence-corrected chi connectivity index (χ1v) is 7.85. The van der Waals surface area contributed by atoms with E-state index in [1.807, 2.05) is 30.3 Å². The number of phenolic OH excluding ortho intramolecular Hbond substituents is 1. The highest BCUT2D eigenvalue weighted by atomic mass is 16.6. The van der Waals surface area contributed by atoms with Crippen LogP contribution in [-0.2, 0) is 16.0 Å². The van der Waals surface area contributed by atoms with Crippen LogP contribution in [0.3, 0.4) is 0 Å². The predicted molar refractivity (Wildman–Crippen MR) is 94.8 cm³/mol. The molecule has 26 heavy (non-hydrogen) atoms. The van der Waals surface area contributed by atoms with Crippen LogP contribution in [0.2, 0.25) is 0 Å². The van der Waals surface area contributed by atoms with Crippen molar-refractivity contribution in [1.82, 2.24) is 5.32 Å². The molecule has 0 aliphatic carbocycles. The van der Waals surface area contributed by atoms with Crippen molar-refractivity contribution in [1.29, 1.82) is 0 Å². The molecule has 0 saturated carbocycles. The van der Waals surface area contributed by atoms with Crippen molar-refractivity contribution in [2.75, 3.05) is 6.54 Å². The number of nitro benzene ring substituents is 1. The fourth-order valence-corrected chi connectivity index (χ4v) is 1.92. The maximum Gasteiger partial charge on any atom is 0.310 e. The van der Waals surface area contributed by atoms with Crippen molar-refractivity contribution in [3.8, 4) is 5.75 Å². The van der Waals surface area contributed by atoms with Gasteiger partial charge in [0.15, 0.2) is 5.75 Å². The van der Waals surface area contributed by atoms with Crippen LogP contribution in [-0.4, -0.2) is 33.6 Å². The molecule has 2 aromatic carbocycles. The molecule has 0 aliphatic rings. The lowest BCUT2D eigenvalue weighted by molar-refractivity contribution is -0.385. The number of hydrogen-bond acceptors (Lipinski definition) is 5. The molecule has 2 aromatic rings. The summed E-state index contributed by atoms with van der Waals surface area (Å²) in [7, 11) is 0. The SMILES string of the molecule is O=C(O)CCC(=O)NCCc1ccccc1.O=[N+]([O-])c1ccccc1O. The van der Waals surface area contributed by atoms with Gasteiger partial charge in [-0.05, 0) is 18.1 Å². The number of hydrogen-bond donors (Lipinski definition) is 3. The van der Waals surface area contributed by atoms with E-state index in [0.717, 1.165) is 12.0 Å². The fourth-order valence-electron chi connectivity index (χ4n) is 1.92. The highest BCUT2D eigenvalue weighted by molar-refractivity contribution is 5.80. The van der Waals surface area contributed by atoms with Gasteiger partial charge < -0.3 is 15.5 Å². The van der Waals surface area contributed by atoms with E-state index in [-0.39, 0.29) is 30.2 Å². The highest BCUT2D eigenvalue weighted by Gasteiger charge is 2.09. The normalized spacial score (nSPS) is 9.54. The molecule has 0 heterocycles. The molecule has 8 heteroatoms. The van der Waals surface area contributed by atoms with Crippen molar-refractivity contribution >= 4 is 17.6 Å². The van der Waals surface area contributed by atoms with Crippen molar-refractivity contribution in [2.45, 2.75) is 19.3 Å². The summed E-state index contributed by atoms with van der Waals surface area (Å²) in [6.45, 7) is 0.544. The topological polar surface area (TPSA) is 130 Å². The van der Waals surface area contributed by atoms with Crippen LogP contribution in [0.15, 0.2) is 54.6 Å². The van der Waals surface area contributed by atoms with E-state index in [1.54, 1.807) is 0 Å². The molecule has 0 unspecified atom stereocenters. The number of para-hydroxylation sites is 2. The van der Waals surface area contributed by atoms with Crippen molar-refractivity contribution in [3.05, 3.63) is 70.3 Å². The second kappa shape index (κ2) is 11.2. The summed E-state index contributed by atoms with van der Waals surface area (Å²) >= 11 is 0. The Hall–Kier alpha value is -3.42. The molecule has 0 aromatic heterocycles. The monoisotopic (exact) mass is 360 g/mol. The first kappa shape index (κ1) is 20.6. The highest BCUT2D eigenvalue weighted by Crippen LogP contribution is 2.23. The van der Waals surface area contributed by atoms with Crippen LogP contribution in [0.4, 0.5) is 5.69 Å². The summed E-state index contributed by atoms with van der Waals surface area (Å²) in [6, 6.07) is 15.4. The lowest BCUT2D eigenvalue weighted by Gasteiger charge is -2.04. The van der Waals surface area contributed by atoms with Gasteiger partial charge in [-0.1, -0.05) is 42.5 Å². The lowest BCUT2D eigenvalue weighted by Crippen LogP contribution is -2.25. The number of amides is 1. The van der Waals surface area contributed by atoms with Crippen LogP contribution in [0.25, 0.3) is 0 Å². The summed E-state index contributed by atoms with van der Waals surface area (Å²) in [5, 5.41) is 30.0. The second-order valence-electron chi connectivity index (χ2n) is 5.23. The van der Waals surface area contributed by atoms with Gasteiger partial charge in [0.05, 0.1) is 11.3 Å². The van der Waals surface area contributed by atoms with Gasteiger partial charge in [-0.2, -0.15) is 0 Å². The van der Waals surface area contributed by atoms with E-state index >= 15 is 0 Å². The third kappa shape index (κ3) is 8.44. The van der Waals surface area contributed by atoms with E-state index < -0.39 is 10.9 Å². The third-order valence-corrected chi connectivity index (χ3v) is 3.22. The number of rotatable bonds is 7. The van der Waals surface area contributed by atoms with Crippen LogP contribution >= 0.6 is 0 Å². The molecule has 0 aliphatic heterocycles. The Bertz CT molecular complexity index is 733. The van der Waals surface area contributed by atoms with Crippen molar-refractivity contribution in [3.63, 3.8) is 0 Å². The number of phenols is 1. The zero-order valence-electron chi connectivity index (χ0n) is 14.0. The predicted octanol–water partition coefficient (Wildman–Crippen LogP) is 2.51. The molecular formula is C18H20N2O6. The molecule has 0 atom stereocenters. The van der Waals surface area contributed by atoms with E-state index in [1.165, 1.54) is 24.3 Å². The number of nitro groups is 1. The Morgan fingerprint density at radius 2 is 1.62 bits per heavy atom. The van der Waals surface area contributed by atoms with Gasteiger partial charge in [-0.3, -0.25) is 19.7 Å². The molecule has 0 bridgehead atoms. The molecule has 1 amide bonds. The minimum absolute atomic E-state index is 0.0458. The number of carbonyl (C=O) groups is 2. The molecule has 0 radical (unpaired) electrons. The van der Waals surface area contributed by atoms with Crippen LogP contribution < -0.4 is 5.32 Å². The summed E-state index contributed by atoms with van der Waals surface area (Å²) in [5.41, 5.74) is 0.892. The average Bonchev–Trinajstić information content (AvgIpc) is 2.61. The molecular weight excluding hydrogens is 340 g/mol. The summed E-state index contributed by atoms with van der Waals surface area (Å²) in [6.07, 6.45) is 0.695. The Morgan fingerprint density at radius 1 is 1.00 bits per heavy atom. The molecule has 0 spiro atoms. The molecule has 3 N–H and O–H groups in total. The van der Waals surface area contributed by atoms with Crippen molar-refractivity contribution in [2.24, 2.45) is 0 Å². The molecule has 0 fully saturated rings. The van der Waals surface area contributed by atoms with E-state index in [9.17, 15) is 19.7 Å². The Kier molecular flexibility index (Phi) is 8.88. The first-order valence-electron chi connectivity index (χ1n) is 7.85. The van der Waals surface area contributed by atoms with Gasteiger partial charge in [0.25, 0.3) is 0 Å². The van der Waals surface area contributed by atoms with Gasteiger partial charge >= 0.3 is 11.7 Å².